The van der Waals surface area contributed by atoms with E-state index in [1.807, 2.05) is 17.9 Å². The first-order valence-electron chi connectivity index (χ1n) is 7.72. The summed E-state index contributed by atoms with van der Waals surface area (Å²) >= 11 is 1.80. The number of nitrogens with zero attached hydrogens (tertiary/aromatic N) is 3. The fourth-order valence-electron chi connectivity index (χ4n) is 2.17. The van der Waals surface area contributed by atoms with E-state index in [0.29, 0.717) is 0 Å². The standard InChI is InChI=1S/C16H25N5S/c1-4-17-16(19-11-15-8-7-13(2)22-15)18-9-5-6-14-10-20-21(3)12-14/h7-8,10,12H,4-6,9,11H2,1-3H3,(H2,17,18,19). The Bertz CT molecular complexity index is 599. The number of thiophene rings is 1. The molecule has 2 heterocycles. The summed E-state index contributed by atoms with van der Waals surface area (Å²) in [4.78, 5) is 7.26. The molecule has 0 bridgehead atoms. The molecule has 0 aromatic carbocycles. The molecule has 5 nitrogen and oxygen atoms in total. The molecule has 0 amide bonds. The molecule has 0 fully saturated rings. The van der Waals surface area contributed by atoms with Crippen LogP contribution in [0, 0.1) is 6.92 Å². The van der Waals surface area contributed by atoms with Gasteiger partial charge in [0.2, 0.25) is 0 Å². The maximum absolute atomic E-state index is 4.63. The smallest absolute Gasteiger partial charge is 0.191 e. The highest BCUT2D eigenvalue weighted by atomic mass is 32.1. The van der Waals surface area contributed by atoms with Crippen LogP contribution in [0.3, 0.4) is 0 Å². The Morgan fingerprint density at radius 3 is 2.86 bits per heavy atom. The lowest BCUT2D eigenvalue weighted by atomic mass is 10.2. The molecule has 2 rings (SSSR count). The van der Waals surface area contributed by atoms with Crippen LogP contribution in [0.4, 0.5) is 0 Å². The van der Waals surface area contributed by atoms with Gasteiger partial charge in [0.15, 0.2) is 5.96 Å². The molecule has 2 aromatic heterocycles. The third kappa shape index (κ3) is 5.52. The lowest BCUT2D eigenvalue weighted by Crippen LogP contribution is -2.37. The number of hydrogen-bond acceptors (Lipinski definition) is 3. The first kappa shape index (κ1) is 16.5. The molecule has 0 atom stereocenters. The van der Waals surface area contributed by atoms with Crippen LogP contribution in [0.15, 0.2) is 29.5 Å². The van der Waals surface area contributed by atoms with Crippen LogP contribution >= 0.6 is 11.3 Å². The highest BCUT2D eigenvalue weighted by Crippen LogP contribution is 2.15. The second kappa shape index (κ2) is 8.58. The molecule has 120 valence electrons. The fraction of sp³-hybridized carbons (Fsp3) is 0.500. The highest BCUT2D eigenvalue weighted by molar-refractivity contribution is 7.11. The first-order valence-corrected chi connectivity index (χ1v) is 8.54. The zero-order chi connectivity index (χ0) is 15.8. The van der Waals surface area contributed by atoms with E-state index in [9.17, 15) is 0 Å². The van der Waals surface area contributed by atoms with Gasteiger partial charge in [0.1, 0.15) is 0 Å². The van der Waals surface area contributed by atoms with Gasteiger partial charge < -0.3 is 10.6 Å². The van der Waals surface area contributed by atoms with Crippen molar-refractivity contribution in [3.8, 4) is 0 Å². The van der Waals surface area contributed by atoms with Gasteiger partial charge in [-0.25, -0.2) is 4.99 Å². The SMILES string of the molecule is CCNC(=NCc1ccc(C)s1)NCCCc1cnn(C)c1. The third-order valence-corrected chi connectivity index (χ3v) is 4.21. The molecule has 2 aromatic rings. The van der Waals surface area contributed by atoms with Gasteiger partial charge in [-0.15, -0.1) is 11.3 Å². The van der Waals surface area contributed by atoms with E-state index in [0.717, 1.165) is 38.4 Å². The van der Waals surface area contributed by atoms with Crippen molar-refractivity contribution in [2.24, 2.45) is 12.0 Å². The van der Waals surface area contributed by atoms with Crippen molar-refractivity contribution in [3.63, 3.8) is 0 Å². The molecule has 0 aliphatic rings. The Morgan fingerprint density at radius 1 is 1.36 bits per heavy atom. The quantitative estimate of drug-likeness (QED) is 0.468. The number of aliphatic imine (C=N–C) groups is 1. The Kier molecular flexibility index (Phi) is 6.45. The van der Waals surface area contributed by atoms with Crippen molar-refractivity contribution < 1.29 is 0 Å². The molecule has 0 spiro atoms. The predicted molar refractivity (Wildman–Crippen MR) is 93.4 cm³/mol. The molecule has 0 radical (unpaired) electrons. The molecule has 0 saturated heterocycles. The van der Waals surface area contributed by atoms with E-state index in [-0.39, 0.29) is 0 Å². The lowest BCUT2D eigenvalue weighted by molar-refractivity contribution is 0.741. The maximum Gasteiger partial charge on any atom is 0.191 e. The Hall–Kier alpha value is -1.82. The summed E-state index contributed by atoms with van der Waals surface area (Å²) in [6, 6.07) is 4.29. The van der Waals surface area contributed by atoms with Crippen molar-refractivity contribution in [1.82, 2.24) is 20.4 Å². The van der Waals surface area contributed by atoms with Crippen LogP contribution in [-0.2, 0) is 20.0 Å². The van der Waals surface area contributed by atoms with E-state index in [1.54, 1.807) is 11.3 Å². The van der Waals surface area contributed by atoms with E-state index < -0.39 is 0 Å². The summed E-state index contributed by atoms with van der Waals surface area (Å²) in [6.07, 6.45) is 6.09. The summed E-state index contributed by atoms with van der Waals surface area (Å²) in [5.74, 6) is 0.889. The minimum atomic E-state index is 0.733. The minimum absolute atomic E-state index is 0.733. The zero-order valence-corrected chi connectivity index (χ0v) is 14.4. The molecular formula is C16H25N5S. The summed E-state index contributed by atoms with van der Waals surface area (Å²) in [5.41, 5.74) is 1.28. The van der Waals surface area contributed by atoms with Crippen LogP contribution in [0.2, 0.25) is 0 Å². The summed E-state index contributed by atoms with van der Waals surface area (Å²) in [5, 5.41) is 10.9. The molecule has 0 aliphatic carbocycles. The van der Waals surface area contributed by atoms with E-state index >= 15 is 0 Å². The number of aromatic nitrogens is 2. The highest BCUT2D eigenvalue weighted by Gasteiger charge is 2.00. The second-order valence-electron chi connectivity index (χ2n) is 5.26. The van der Waals surface area contributed by atoms with Crippen LogP contribution < -0.4 is 10.6 Å². The summed E-state index contributed by atoms with van der Waals surface area (Å²) < 4.78 is 1.84. The Balaban J connectivity index is 1.75. The molecule has 0 unspecified atom stereocenters. The number of nitrogens with one attached hydrogen (secondary N) is 2. The number of aryl methyl sites for hydroxylation is 3. The Morgan fingerprint density at radius 2 is 2.23 bits per heavy atom. The van der Waals surface area contributed by atoms with Gasteiger partial charge in [0, 0.05) is 36.1 Å². The van der Waals surface area contributed by atoms with E-state index in [2.05, 4.69) is 52.9 Å². The molecule has 0 aliphatic heterocycles. The predicted octanol–water partition coefficient (Wildman–Crippen LogP) is 2.48. The zero-order valence-electron chi connectivity index (χ0n) is 13.6. The van der Waals surface area contributed by atoms with Gasteiger partial charge in [-0.05, 0) is 44.4 Å². The van der Waals surface area contributed by atoms with E-state index in [4.69, 9.17) is 0 Å². The summed E-state index contributed by atoms with van der Waals surface area (Å²) in [7, 11) is 1.95. The van der Waals surface area contributed by atoms with Crippen molar-refractivity contribution in [3.05, 3.63) is 39.8 Å². The van der Waals surface area contributed by atoms with Crippen molar-refractivity contribution in [2.75, 3.05) is 13.1 Å². The first-order chi connectivity index (χ1) is 10.7. The van der Waals surface area contributed by atoms with Gasteiger partial charge in [0.05, 0.1) is 12.7 Å². The third-order valence-electron chi connectivity index (χ3n) is 3.23. The lowest BCUT2D eigenvalue weighted by Gasteiger charge is -2.10. The normalized spacial score (nSPS) is 11.7. The Labute approximate surface area is 136 Å². The summed E-state index contributed by atoms with van der Waals surface area (Å²) in [6.45, 7) is 6.72. The topological polar surface area (TPSA) is 54.2 Å². The molecular weight excluding hydrogens is 294 g/mol. The molecule has 22 heavy (non-hydrogen) atoms. The van der Waals surface area contributed by atoms with Crippen molar-refractivity contribution in [2.45, 2.75) is 33.2 Å². The largest absolute Gasteiger partial charge is 0.357 e. The van der Waals surface area contributed by atoms with E-state index in [1.165, 1.54) is 15.3 Å². The van der Waals surface area contributed by atoms with Crippen molar-refractivity contribution in [1.29, 1.82) is 0 Å². The van der Waals surface area contributed by atoms with Crippen LogP contribution in [-0.4, -0.2) is 28.8 Å². The van der Waals surface area contributed by atoms with Gasteiger partial charge in [-0.3, -0.25) is 4.68 Å². The monoisotopic (exact) mass is 319 g/mol. The average Bonchev–Trinajstić information content (AvgIpc) is 3.09. The maximum atomic E-state index is 4.63. The average molecular weight is 319 g/mol. The van der Waals surface area contributed by atoms with Gasteiger partial charge in [-0.1, -0.05) is 0 Å². The van der Waals surface area contributed by atoms with Crippen LogP contribution in [0.1, 0.15) is 28.7 Å². The van der Waals surface area contributed by atoms with Crippen molar-refractivity contribution >= 4 is 17.3 Å². The molecule has 2 N–H and O–H groups in total. The number of hydrogen-bond donors (Lipinski definition) is 2. The molecule has 6 heteroatoms. The molecule has 0 saturated carbocycles. The van der Waals surface area contributed by atoms with Gasteiger partial charge in [-0.2, -0.15) is 5.10 Å². The number of guanidine groups is 1. The van der Waals surface area contributed by atoms with Crippen LogP contribution in [0.5, 0.6) is 0 Å². The van der Waals surface area contributed by atoms with Crippen LogP contribution in [0.25, 0.3) is 0 Å². The van der Waals surface area contributed by atoms with Gasteiger partial charge in [0.25, 0.3) is 0 Å². The number of rotatable bonds is 7. The fourth-order valence-corrected chi connectivity index (χ4v) is 2.98. The second-order valence-corrected chi connectivity index (χ2v) is 6.63. The van der Waals surface area contributed by atoms with Gasteiger partial charge >= 0.3 is 0 Å². The minimum Gasteiger partial charge on any atom is -0.357 e.